The summed E-state index contributed by atoms with van der Waals surface area (Å²) in [5.74, 6) is 1.20. The lowest BCUT2D eigenvalue weighted by Gasteiger charge is -2.03. The van der Waals surface area contributed by atoms with Crippen molar-refractivity contribution in [3.8, 4) is 0 Å². The van der Waals surface area contributed by atoms with E-state index in [0.29, 0.717) is 18.1 Å². The zero-order valence-electron chi connectivity index (χ0n) is 10.5. The number of unbranched alkanes of at least 4 members (excludes halogenated alkanes) is 1. The molecule has 2 aromatic heterocycles. The second kappa shape index (κ2) is 6.26. The Morgan fingerprint density at radius 2 is 2.11 bits per heavy atom. The second-order valence-corrected chi connectivity index (χ2v) is 4.33. The summed E-state index contributed by atoms with van der Waals surface area (Å²) in [5, 5.41) is 3.95. The lowest BCUT2D eigenvalue weighted by atomic mass is 10.1. The number of pyridine rings is 1. The largest absolute Gasteiger partial charge is 0.338 e. The van der Waals surface area contributed by atoms with Gasteiger partial charge in [-0.25, -0.2) is 0 Å². The second-order valence-electron chi connectivity index (χ2n) is 4.33. The van der Waals surface area contributed by atoms with Crippen LogP contribution in [-0.4, -0.2) is 15.1 Å². The molecule has 96 valence electrons. The number of hydrogen-bond acceptors (Lipinski definition) is 5. The van der Waals surface area contributed by atoms with Crippen molar-refractivity contribution in [3.05, 3.63) is 41.8 Å². The number of hydrogen-bond donors (Lipinski definition) is 1. The lowest BCUT2D eigenvalue weighted by molar-refractivity contribution is 0.343. The SMILES string of the molecule is CCCCC(N)c1nc(Cc2ccncc2)no1. The van der Waals surface area contributed by atoms with E-state index >= 15 is 0 Å². The summed E-state index contributed by atoms with van der Waals surface area (Å²) in [7, 11) is 0. The van der Waals surface area contributed by atoms with E-state index in [1.807, 2.05) is 12.1 Å². The third kappa shape index (κ3) is 3.37. The van der Waals surface area contributed by atoms with Crippen LogP contribution in [0.25, 0.3) is 0 Å². The molecule has 0 bridgehead atoms. The summed E-state index contributed by atoms with van der Waals surface area (Å²) in [6.07, 6.45) is 7.22. The zero-order valence-corrected chi connectivity index (χ0v) is 10.5. The number of nitrogens with two attached hydrogens (primary N) is 1. The van der Waals surface area contributed by atoms with Gasteiger partial charge in [-0.1, -0.05) is 24.9 Å². The summed E-state index contributed by atoms with van der Waals surface area (Å²) in [6, 6.07) is 3.73. The van der Waals surface area contributed by atoms with Crippen molar-refractivity contribution in [2.45, 2.75) is 38.6 Å². The Kier molecular flexibility index (Phi) is 4.41. The van der Waals surface area contributed by atoms with Gasteiger partial charge >= 0.3 is 0 Å². The van der Waals surface area contributed by atoms with Crippen LogP contribution in [0.1, 0.15) is 49.5 Å². The van der Waals surface area contributed by atoms with Crippen LogP contribution in [0.5, 0.6) is 0 Å². The highest BCUT2D eigenvalue weighted by Gasteiger charge is 2.14. The summed E-state index contributed by atoms with van der Waals surface area (Å²) < 4.78 is 5.19. The van der Waals surface area contributed by atoms with Crippen LogP contribution in [0.15, 0.2) is 29.0 Å². The molecule has 0 saturated carbocycles. The Labute approximate surface area is 106 Å². The normalized spacial score (nSPS) is 12.6. The van der Waals surface area contributed by atoms with E-state index in [2.05, 4.69) is 22.0 Å². The Morgan fingerprint density at radius 3 is 2.83 bits per heavy atom. The van der Waals surface area contributed by atoms with E-state index in [0.717, 1.165) is 24.8 Å². The monoisotopic (exact) mass is 246 g/mol. The van der Waals surface area contributed by atoms with Crippen LogP contribution in [0.2, 0.25) is 0 Å². The van der Waals surface area contributed by atoms with Gasteiger partial charge in [0.2, 0.25) is 5.89 Å². The quantitative estimate of drug-likeness (QED) is 0.845. The van der Waals surface area contributed by atoms with E-state index in [9.17, 15) is 0 Å². The molecule has 0 aromatic carbocycles. The predicted molar refractivity (Wildman–Crippen MR) is 67.8 cm³/mol. The standard InChI is InChI=1S/C13H18N4O/c1-2-3-4-11(14)13-16-12(17-18-13)9-10-5-7-15-8-6-10/h5-8,11H,2-4,9,14H2,1H3. The molecule has 0 spiro atoms. The molecule has 0 saturated heterocycles. The van der Waals surface area contributed by atoms with E-state index < -0.39 is 0 Å². The van der Waals surface area contributed by atoms with Crippen LogP contribution in [0.3, 0.4) is 0 Å². The van der Waals surface area contributed by atoms with Crippen molar-refractivity contribution in [2.75, 3.05) is 0 Å². The van der Waals surface area contributed by atoms with Gasteiger partial charge in [-0.3, -0.25) is 4.98 Å². The van der Waals surface area contributed by atoms with Gasteiger partial charge in [0.15, 0.2) is 5.82 Å². The van der Waals surface area contributed by atoms with Crippen molar-refractivity contribution in [3.63, 3.8) is 0 Å². The molecular formula is C13H18N4O. The molecule has 18 heavy (non-hydrogen) atoms. The maximum Gasteiger partial charge on any atom is 0.243 e. The molecule has 2 rings (SSSR count). The first-order chi connectivity index (χ1) is 8.79. The number of rotatable bonds is 6. The van der Waals surface area contributed by atoms with E-state index in [1.54, 1.807) is 12.4 Å². The first kappa shape index (κ1) is 12.7. The van der Waals surface area contributed by atoms with E-state index in [1.165, 1.54) is 0 Å². The highest BCUT2D eigenvalue weighted by atomic mass is 16.5. The third-order valence-corrected chi connectivity index (χ3v) is 2.78. The predicted octanol–water partition coefficient (Wildman–Crippen LogP) is 2.25. The number of aromatic nitrogens is 3. The molecule has 1 unspecified atom stereocenters. The molecule has 0 aliphatic heterocycles. The van der Waals surface area contributed by atoms with E-state index in [-0.39, 0.29) is 6.04 Å². The Bertz CT molecular complexity index is 469. The van der Waals surface area contributed by atoms with Crippen LogP contribution < -0.4 is 5.73 Å². The molecule has 0 aliphatic carbocycles. The molecular weight excluding hydrogens is 228 g/mol. The third-order valence-electron chi connectivity index (χ3n) is 2.78. The average Bonchev–Trinajstić information content (AvgIpc) is 2.86. The summed E-state index contributed by atoms with van der Waals surface area (Å²) in [4.78, 5) is 8.31. The molecule has 0 amide bonds. The first-order valence-electron chi connectivity index (χ1n) is 6.26. The Hall–Kier alpha value is -1.75. The highest BCUT2D eigenvalue weighted by molar-refractivity contribution is 5.14. The van der Waals surface area contributed by atoms with Gasteiger partial charge in [0.1, 0.15) is 0 Å². The van der Waals surface area contributed by atoms with Gasteiger partial charge in [0.25, 0.3) is 0 Å². The molecule has 5 heteroatoms. The minimum absolute atomic E-state index is 0.149. The van der Waals surface area contributed by atoms with Gasteiger partial charge < -0.3 is 10.3 Å². The van der Waals surface area contributed by atoms with Crippen molar-refractivity contribution in [1.29, 1.82) is 0 Å². The maximum absolute atomic E-state index is 5.98. The van der Waals surface area contributed by atoms with Gasteiger partial charge in [-0.2, -0.15) is 4.98 Å². The van der Waals surface area contributed by atoms with Crippen molar-refractivity contribution in [2.24, 2.45) is 5.73 Å². The Morgan fingerprint density at radius 1 is 1.33 bits per heavy atom. The van der Waals surface area contributed by atoms with Crippen molar-refractivity contribution in [1.82, 2.24) is 15.1 Å². The average molecular weight is 246 g/mol. The lowest BCUT2D eigenvalue weighted by Crippen LogP contribution is -2.10. The summed E-state index contributed by atoms with van der Waals surface area (Å²) >= 11 is 0. The van der Waals surface area contributed by atoms with Gasteiger partial charge in [-0.05, 0) is 24.1 Å². The maximum atomic E-state index is 5.98. The van der Waals surface area contributed by atoms with Crippen molar-refractivity contribution < 1.29 is 4.52 Å². The Balaban J connectivity index is 1.98. The van der Waals surface area contributed by atoms with Gasteiger partial charge in [0, 0.05) is 18.8 Å². The minimum atomic E-state index is -0.149. The number of nitrogens with zero attached hydrogens (tertiary/aromatic N) is 3. The van der Waals surface area contributed by atoms with Gasteiger partial charge in [0.05, 0.1) is 6.04 Å². The molecule has 2 N–H and O–H groups in total. The van der Waals surface area contributed by atoms with Crippen molar-refractivity contribution >= 4 is 0 Å². The molecule has 0 aliphatic rings. The zero-order chi connectivity index (χ0) is 12.8. The molecule has 0 fully saturated rings. The molecule has 2 aromatic rings. The van der Waals surface area contributed by atoms with Crippen LogP contribution in [0.4, 0.5) is 0 Å². The summed E-state index contributed by atoms with van der Waals surface area (Å²) in [5.41, 5.74) is 7.09. The molecule has 2 heterocycles. The van der Waals surface area contributed by atoms with Crippen LogP contribution in [0, 0.1) is 0 Å². The van der Waals surface area contributed by atoms with Crippen LogP contribution >= 0.6 is 0 Å². The van der Waals surface area contributed by atoms with E-state index in [4.69, 9.17) is 10.3 Å². The molecule has 0 radical (unpaired) electrons. The first-order valence-corrected chi connectivity index (χ1v) is 6.26. The van der Waals surface area contributed by atoms with Crippen LogP contribution in [-0.2, 0) is 6.42 Å². The fourth-order valence-corrected chi connectivity index (χ4v) is 1.72. The molecule has 1 atom stereocenters. The highest BCUT2D eigenvalue weighted by Crippen LogP contribution is 2.15. The topological polar surface area (TPSA) is 77.8 Å². The fourth-order valence-electron chi connectivity index (χ4n) is 1.72. The summed E-state index contributed by atoms with van der Waals surface area (Å²) in [6.45, 7) is 2.13. The minimum Gasteiger partial charge on any atom is -0.338 e. The fraction of sp³-hybridized carbons (Fsp3) is 0.462. The smallest absolute Gasteiger partial charge is 0.243 e. The molecule has 5 nitrogen and oxygen atoms in total. The van der Waals surface area contributed by atoms with Gasteiger partial charge in [-0.15, -0.1) is 0 Å².